The molecular weight excluding hydrogens is 222 g/mol. The van der Waals surface area contributed by atoms with Crippen molar-refractivity contribution in [1.82, 2.24) is 5.32 Å². The molecule has 3 N–H and O–H groups in total. The van der Waals surface area contributed by atoms with E-state index >= 15 is 0 Å². The van der Waals surface area contributed by atoms with Gasteiger partial charge in [0.25, 0.3) is 0 Å². The van der Waals surface area contributed by atoms with Crippen molar-refractivity contribution >= 4 is 11.9 Å². The molecule has 1 aromatic rings. The van der Waals surface area contributed by atoms with Gasteiger partial charge < -0.3 is 15.5 Å². The lowest BCUT2D eigenvalue weighted by atomic mass is 10.1. The van der Waals surface area contributed by atoms with Crippen LogP contribution < -0.4 is 5.32 Å². The number of aryl methyl sites for hydroxylation is 1. The normalized spacial score (nSPS) is 11.8. The highest BCUT2D eigenvalue weighted by Gasteiger charge is 2.13. The van der Waals surface area contributed by atoms with Crippen molar-refractivity contribution in [3.8, 4) is 5.75 Å². The van der Waals surface area contributed by atoms with Crippen LogP contribution in [0.4, 0.5) is 0 Å². The minimum absolute atomic E-state index is 0.145. The van der Waals surface area contributed by atoms with E-state index < -0.39 is 12.0 Å². The van der Waals surface area contributed by atoms with Crippen molar-refractivity contribution in [3.63, 3.8) is 0 Å². The summed E-state index contributed by atoms with van der Waals surface area (Å²) < 4.78 is 0. The Hall–Kier alpha value is -2.04. The number of hydrogen-bond acceptors (Lipinski definition) is 3. The van der Waals surface area contributed by atoms with Gasteiger partial charge in [-0.25, -0.2) is 0 Å². The molecular formula is C12H15NO4. The molecule has 0 saturated carbocycles. The Labute approximate surface area is 99.1 Å². The van der Waals surface area contributed by atoms with E-state index in [0.717, 1.165) is 0 Å². The Morgan fingerprint density at radius 1 is 1.35 bits per heavy atom. The van der Waals surface area contributed by atoms with E-state index in [1.54, 1.807) is 24.3 Å². The summed E-state index contributed by atoms with van der Waals surface area (Å²) in [4.78, 5) is 21.9. The molecule has 5 heteroatoms. The summed E-state index contributed by atoms with van der Waals surface area (Å²) in [5, 5.41) is 20.4. The fourth-order valence-corrected chi connectivity index (χ4v) is 1.35. The fraction of sp³-hybridized carbons (Fsp3) is 0.333. The molecule has 0 heterocycles. The molecule has 0 aliphatic carbocycles. The quantitative estimate of drug-likeness (QED) is 0.710. The number of carboxylic acid groups (broad SMARTS) is 1. The number of rotatable bonds is 5. The minimum Gasteiger partial charge on any atom is -0.508 e. The topological polar surface area (TPSA) is 86.6 Å². The maximum atomic E-state index is 11.4. The Balaban J connectivity index is 2.44. The number of para-hydroxylation sites is 1. The lowest BCUT2D eigenvalue weighted by Crippen LogP contribution is -2.38. The van der Waals surface area contributed by atoms with Gasteiger partial charge in [-0.3, -0.25) is 9.59 Å². The minimum atomic E-state index is -1.07. The van der Waals surface area contributed by atoms with Crippen LogP contribution in [-0.4, -0.2) is 28.1 Å². The lowest BCUT2D eigenvalue weighted by Gasteiger charge is -2.09. The van der Waals surface area contributed by atoms with E-state index in [9.17, 15) is 14.7 Å². The number of carboxylic acids is 1. The number of benzene rings is 1. The summed E-state index contributed by atoms with van der Waals surface area (Å²) in [5.74, 6) is -1.27. The second kappa shape index (κ2) is 5.89. The van der Waals surface area contributed by atoms with Gasteiger partial charge in [-0.1, -0.05) is 18.2 Å². The van der Waals surface area contributed by atoms with Gasteiger partial charge >= 0.3 is 5.97 Å². The average Bonchev–Trinajstić information content (AvgIpc) is 2.27. The summed E-state index contributed by atoms with van der Waals surface area (Å²) in [6.07, 6.45) is 0.528. The highest BCUT2D eigenvalue weighted by Crippen LogP contribution is 2.16. The molecule has 5 nitrogen and oxygen atoms in total. The van der Waals surface area contributed by atoms with Gasteiger partial charge in [0.1, 0.15) is 11.8 Å². The number of hydrogen-bond donors (Lipinski definition) is 3. The third-order valence-corrected chi connectivity index (χ3v) is 2.36. The van der Waals surface area contributed by atoms with Crippen molar-refractivity contribution in [3.05, 3.63) is 29.8 Å². The van der Waals surface area contributed by atoms with Gasteiger partial charge in [0.2, 0.25) is 5.91 Å². The maximum Gasteiger partial charge on any atom is 0.325 e. The van der Waals surface area contributed by atoms with Gasteiger partial charge in [0.15, 0.2) is 0 Å². The van der Waals surface area contributed by atoms with E-state index in [0.29, 0.717) is 12.0 Å². The zero-order valence-electron chi connectivity index (χ0n) is 9.51. The molecule has 0 fully saturated rings. The Morgan fingerprint density at radius 2 is 2.00 bits per heavy atom. The number of amides is 1. The van der Waals surface area contributed by atoms with E-state index in [1.165, 1.54) is 6.92 Å². The molecule has 0 unspecified atom stereocenters. The molecule has 0 aliphatic heterocycles. The molecule has 0 saturated heterocycles. The van der Waals surface area contributed by atoms with E-state index in [4.69, 9.17) is 5.11 Å². The highest BCUT2D eigenvalue weighted by molar-refractivity contribution is 5.83. The van der Waals surface area contributed by atoms with Crippen LogP contribution in [0.1, 0.15) is 18.9 Å². The van der Waals surface area contributed by atoms with Crippen LogP contribution in [0.2, 0.25) is 0 Å². The van der Waals surface area contributed by atoms with Gasteiger partial charge in [-0.05, 0) is 25.0 Å². The van der Waals surface area contributed by atoms with Crippen LogP contribution in [0.5, 0.6) is 5.75 Å². The fourth-order valence-electron chi connectivity index (χ4n) is 1.35. The second-order valence-electron chi connectivity index (χ2n) is 3.76. The monoisotopic (exact) mass is 237 g/mol. The molecule has 0 spiro atoms. The predicted molar refractivity (Wildman–Crippen MR) is 61.7 cm³/mol. The number of carbonyl (C=O) groups is 2. The largest absolute Gasteiger partial charge is 0.508 e. The first kappa shape index (κ1) is 13.0. The zero-order chi connectivity index (χ0) is 12.8. The van der Waals surface area contributed by atoms with E-state index in [-0.39, 0.29) is 18.1 Å². The Bertz CT molecular complexity index is 417. The summed E-state index contributed by atoms with van der Waals surface area (Å²) in [6, 6.07) is 5.85. The first-order valence-electron chi connectivity index (χ1n) is 5.29. The summed E-state index contributed by atoms with van der Waals surface area (Å²) in [7, 11) is 0. The molecule has 1 amide bonds. The smallest absolute Gasteiger partial charge is 0.325 e. The van der Waals surface area contributed by atoms with Crippen molar-refractivity contribution in [2.24, 2.45) is 0 Å². The van der Waals surface area contributed by atoms with Gasteiger partial charge in [0, 0.05) is 6.42 Å². The number of nitrogens with one attached hydrogen (secondary N) is 1. The number of phenols is 1. The number of aromatic hydroxyl groups is 1. The van der Waals surface area contributed by atoms with Crippen molar-refractivity contribution in [1.29, 1.82) is 0 Å². The van der Waals surface area contributed by atoms with Gasteiger partial charge in [-0.2, -0.15) is 0 Å². The molecule has 1 atom stereocenters. The molecule has 0 aliphatic rings. The third-order valence-electron chi connectivity index (χ3n) is 2.36. The van der Waals surface area contributed by atoms with Crippen LogP contribution in [0.15, 0.2) is 24.3 Å². The molecule has 0 bridgehead atoms. The standard InChI is InChI=1S/C12H15NO4/c1-8(12(16)17)13-11(15)7-6-9-4-2-3-5-10(9)14/h2-5,8,14H,6-7H2,1H3,(H,13,15)(H,16,17)/t8-/m0/s1. The third kappa shape index (κ3) is 4.14. The molecule has 92 valence electrons. The van der Waals surface area contributed by atoms with E-state index in [1.807, 2.05) is 0 Å². The van der Waals surface area contributed by atoms with E-state index in [2.05, 4.69) is 5.32 Å². The Kier molecular flexibility index (Phi) is 4.51. The van der Waals surface area contributed by atoms with Crippen LogP contribution in [0.25, 0.3) is 0 Å². The first-order valence-corrected chi connectivity index (χ1v) is 5.29. The molecule has 1 rings (SSSR count). The van der Waals surface area contributed by atoms with Gasteiger partial charge in [0.05, 0.1) is 0 Å². The number of aliphatic carboxylic acids is 1. The summed E-state index contributed by atoms with van der Waals surface area (Å²) in [6.45, 7) is 1.40. The van der Waals surface area contributed by atoms with Crippen LogP contribution in [0, 0.1) is 0 Å². The summed E-state index contributed by atoms with van der Waals surface area (Å²) >= 11 is 0. The molecule has 17 heavy (non-hydrogen) atoms. The van der Waals surface area contributed by atoms with Gasteiger partial charge in [-0.15, -0.1) is 0 Å². The van der Waals surface area contributed by atoms with Crippen molar-refractivity contribution < 1.29 is 19.8 Å². The van der Waals surface area contributed by atoms with Crippen LogP contribution >= 0.6 is 0 Å². The van der Waals surface area contributed by atoms with Crippen molar-refractivity contribution in [2.75, 3.05) is 0 Å². The van der Waals surface area contributed by atoms with Crippen LogP contribution in [0.3, 0.4) is 0 Å². The summed E-state index contributed by atoms with van der Waals surface area (Å²) in [5.41, 5.74) is 0.672. The van der Waals surface area contributed by atoms with Crippen molar-refractivity contribution in [2.45, 2.75) is 25.8 Å². The molecule has 1 aromatic carbocycles. The second-order valence-corrected chi connectivity index (χ2v) is 3.76. The average molecular weight is 237 g/mol. The lowest BCUT2D eigenvalue weighted by molar-refractivity contribution is -0.141. The first-order chi connectivity index (χ1) is 8.00. The molecule has 0 aromatic heterocycles. The number of carbonyl (C=O) groups excluding carboxylic acids is 1. The zero-order valence-corrected chi connectivity index (χ0v) is 9.51. The SMILES string of the molecule is C[C@H](NC(=O)CCc1ccccc1O)C(=O)O. The Morgan fingerprint density at radius 3 is 2.59 bits per heavy atom. The predicted octanol–water partition coefficient (Wildman–Crippen LogP) is 0.914. The van der Waals surface area contributed by atoms with Crippen LogP contribution in [-0.2, 0) is 16.0 Å². The maximum absolute atomic E-state index is 11.4. The molecule has 0 radical (unpaired) electrons. The number of phenolic OH excluding ortho intramolecular Hbond substituents is 1. The highest BCUT2D eigenvalue weighted by atomic mass is 16.4.